The highest BCUT2D eigenvalue weighted by Crippen LogP contribution is 2.37. The minimum absolute atomic E-state index is 0.0427. The number of sulfonamides is 2. The van der Waals surface area contributed by atoms with E-state index in [2.05, 4.69) is 41.2 Å². The number of benzene rings is 4. The van der Waals surface area contributed by atoms with Crippen LogP contribution in [0, 0.1) is 0 Å². The van der Waals surface area contributed by atoms with Crippen LogP contribution < -0.4 is 29.9 Å². The highest BCUT2D eigenvalue weighted by molar-refractivity contribution is 7.92. The van der Waals surface area contributed by atoms with E-state index in [9.17, 15) is 52.8 Å². The average Bonchev–Trinajstić information content (AvgIpc) is 3.68. The summed E-state index contributed by atoms with van der Waals surface area (Å²) in [7, 11) is -4.41. The highest BCUT2D eigenvalue weighted by Gasteiger charge is 2.37. The molecule has 24 heteroatoms. The van der Waals surface area contributed by atoms with Gasteiger partial charge >= 0.3 is 12.4 Å². The summed E-state index contributed by atoms with van der Waals surface area (Å²) in [5, 5.41) is 11.2. The van der Waals surface area contributed by atoms with E-state index in [1.807, 2.05) is 12.1 Å². The number of ketones is 2. The first kappa shape index (κ1) is 51.5. The number of halogens is 6. The number of anilines is 8. The fourth-order valence-electron chi connectivity index (χ4n) is 7.69. The van der Waals surface area contributed by atoms with Gasteiger partial charge in [0.2, 0.25) is 31.9 Å². The molecular weight excluding hydrogens is 979 g/mol. The minimum Gasteiger partial charge on any atom is -0.365 e. The molecule has 2 aliphatic rings. The number of aromatic nitrogens is 4. The second-order valence-corrected chi connectivity index (χ2v) is 20.7. The third-order valence-electron chi connectivity index (χ3n) is 11.5. The van der Waals surface area contributed by atoms with Crippen LogP contribution in [0.5, 0.6) is 0 Å². The van der Waals surface area contributed by atoms with Crippen LogP contribution >= 0.6 is 0 Å². The maximum Gasteiger partial charge on any atom is 0.421 e. The molecule has 0 fully saturated rings. The molecule has 2 aromatic heterocycles. The Kier molecular flexibility index (Phi) is 14.9. The van der Waals surface area contributed by atoms with Gasteiger partial charge in [-0.15, -0.1) is 0 Å². The normalized spacial score (nSPS) is 13.6. The summed E-state index contributed by atoms with van der Waals surface area (Å²) >= 11 is 0. The van der Waals surface area contributed by atoms with Crippen molar-refractivity contribution < 1.29 is 52.8 Å². The zero-order valence-electron chi connectivity index (χ0n) is 38.4. The molecule has 374 valence electrons. The van der Waals surface area contributed by atoms with Gasteiger partial charge in [0.25, 0.3) is 0 Å². The van der Waals surface area contributed by atoms with E-state index >= 15 is 0 Å². The second kappa shape index (κ2) is 20.6. The Labute approximate surface area is 405 Å². The number of carbonyl (C=O) groups excluding carboxylic acids is 2. The van der Waals surface area contributed by atoms with Crippen molar-refractivity contribution in [3.63, 3.8) is 0 Å². The van der Waals surface area contributed by atoms with E-state index in [-0.39, 0.29) is 36.6 Å². The molecule has 8 rings (SSSR count). The molecule has 6 aromatic rings. The van der Waals surface area contributed by atoms with Gasteiger partial charge in [-0.25, -0.2) is 26.8 Å². The number of hydrogen-bond donors (Lipinski definition) is 4. The van der Waals surface area contributed by atoms with E-state index in [0.717, 1.165) is 43.4 Å². The van der Waals surface area contributed by atoms with Gasteiger partial charge in [0.15, 0.2) is 0 Å². The van der Waals surface area contributed by atoms with Gasteiger partial charge in [-0.3, -0.25) is 18.2 Å². The van der Waals surface area contributed by atoms with Crippen molar-refractivity contribution in [2.75, 3.05) is 56.5 Å². The largest absolute Gasteiger partial charge is 0.421 e. The highest BCUT2D eigenvalue weighted by atomic mass is 32.2. The average molecular weight is 1030 g/mol. The molecule has 0 bridgehead atoms. The summed E-state index contributed by atoms with van der Waals surface area (Å²) in [6, 6.07) is 23.6. The number of carbonyl (C=O) groups is 2. The molecule has 4 N–H and O–H groups in total. The zero-order chi connectivity index (χ0) is 51.5. The van der Waals surface area contributed by atoms with E-state index in [0.29, 0.717) is 78.4 Å². The summed E-state index contributed by atoms with van der Waals surface area (Å²) in [6.07, 6.45) is -3.84. The van der Waals surface area contributed by atoms with E-state index in [1.54, 1.807) is 72.8 Å². The lowest BCUT2D eigenvalue weighted by Gasteiger charge is -2.21. The van der Waals surface area contributed by atoms with Crippen molar-refractivity contribution in [1.29, 1.82) is 0 Å². The number of nitrogens with one attached hydrogen (secondary N) is 4. The van der Waals surface area contributed by atoms with Crippen LogP contribution in [-0.2, 0) is 80.8 Å². The lowest BCUT2D eigenvalue weighted by molar-refractivity contribution is -0.138. The number of para-hydroxylation sites is 2. The number of Topliss-reactive ketones (excluding diaryl/α,β-unsaturated/α-hetero) is 2. The molecular formula is C47H46F6N10O6S2. The van der Waals surface area contributed by atoms with Crippen LogP contribution in [0.1, 0.15) is 50.9 Å². The van der Waals surface area contributed by atoms with E-state index in [1.165, 1.54) is 14.1 Å². The smallest absolute Gasteiger partial charge is 0.365 e. The van der Waals surface area contributed by atoms with E-state index in [4.69, 9.17) is 0 Å². The molecule has 0 saturated carbocycles. The SMILES string of the molecule is CN(c1ccccc1CNc1nc(Nc2ccc3c(c2)CC(=O)C3)ncc1C(F)(F)F)S(C)(=O)=O.CN(c1ccccc1CNc1nc(Nc2ccc3c(c2)CCC(=O)C3)ncc1C(F)(F)F)S(C)(=O)=O. The summed E-state index contributed by atoms with van der Waals surface area (Å²) < 4.78 is 132. The predicted octanol–water partition coefficient (Wildman–Crippen LogP) is 8.22. The molecule has 0 atom stereocenters. The fourth-order valence-corrected chi connectivity index (χ4v) is 8.76. The Balaban J connectivity index is 0.000000209. The molecule has 2 aliphatic carbocycles. The first-order valence-corrected chi connectivity index (χ1v) is 25.2. The molecule has 0 aliphatic heterocycles. The van der Waals surface area contributed by atoms with Gasteiger partial charge in [0, 0.05) is 76.6 Å². The Morgan fingerprint density at radius 1 is 0.549 bits per heavy atom. The number of fused-ring (bicyclic) bond motifs is 2. The minimum atomic E-state index is -4.71. The van der Waals surface area contributed by atoms with Crippen molar-refractivity contribution in [2.45, 2.75) is 57.5 Å². The maximum absolute atomic E-state index is 13.7. The van der Waals surface area contributed by atoms with Crippen LogP contribution in [0.25, 0.3) is 0 Å². The van der Waals surface area contributed by atoms with Crippen molar-refractivity contribution >= 4 is 77.9 Å². The van der Waals surface area contributed by atoms with E-state index < -0.39 is 55.2 Å². The van der Waals surface area contributed by atoms with Crippen LogP contribution in [0.4, 0.5) is 72.6 Å². The quantitative estimate of drug-likeness (QED) is 0.0759. The number of alkyl halides is 6. The molecule has 4 aromatic carbocycles. The zero-order valence-corrected chi connectivity index (χ0v) is 40.0. The number of hydrogen-bond acceptors (Lipinski definition) is 14. The van der Waals surface area contributed by atoms with Crippen molar-refractivity contribution in [1.82, 2.24) is 19.9 Å². The lowest BCUT2D eigenvalue weighted by Crippen LogP contribution is -2.26. The predicted molar refractivity (Wildman–Crippen MR) is 257 cm³/mol. The first-order valence-electron chi connectivity index (χ1n) is 21.5. The van der Waals surface area contributed by atoms with Crippen LogP contribution in [0.3, 0.4) is 0 Å². The Morgan fingerprint density at radius 3 is 1.41 bits per heavy atom. The summed E-state index contributed by atoms with van der Waals surface area (Å²) in [6.45, 7) is -0.223. The van der Waals surface area contributed by atoms with Crippen LogP contribution in [0.2, 0.25) is 0 Å². The van der Waals surface area contributed by atoms with Crippen molar-refractivity contribution in [3.8, 4) is 0 Å². The molecule has 0 spiro atoms. The van der Waals surface area contributed by atoms with Gasteiger partial charge in [0.05, 0.1) is 23.9 Å². The third kappa shape index (κ3) is 12.9. The van der Waals surface area contributed by atoms with Crippen LogP contribution in [0.15, 0.2) is 97.3 Å². The number of nitrogens with zero attached hydrogens (tertiary/aromatic N) is 6. The monoisotopic (exact) mass is 1020 g/mol. The van der Waals surface area contributed by atoms with Gasteiger partial charge in [-0.1, -0.05) is 48.5 Å². The van der Waals surface area contributed by atoms with Gasteiger partial charge in [-0.2, -0.15) is 36.3 Å². The second-order valence-electron chi connectivity index (χ2n) is 16.7. The first-order chi connectivity index (χ1) is 33.3. The molecule has 0 amide bonds. The molecule has 2 heterocycles. The van der Waals surface area contributed by atoms with Gasteiger partial charge in [0.1, 0.15) is 34.3 Å². The summed E-state index contributed by atoms with van der Waals surface area (Å²) in [4.78, 5) is 39.0. The third-order valence-corrected chi connectivity index (χ3v) is 13.9. The molecule has 0 radical (unpaired) electrons. The molecule has 16 nitrogen and oxygen atoms in total. The summed E-state index contributed by atoms with van der Waals surface area (Å²) in [5.41, 5.74) is 4.34. The standard InChI is InChI=1S/C24H24F3N5O3S.C23H22F3N5O3S/c1-32(36(2,34)35)21-6-4-3-5-17(21)13-28-22-20(24(25,26)27)14-29-23(31-22)30-18-9-7-16-12-19(33)10-8-15(16)11-18;1-31(35(2,33)34)20-6-4-3-5-15(20)12-27-21-19(23(24,25)26)13-28-22(30-21)29-17-8-7-14-10-18(32)11-16(14)9-17/h3-7,9,11,14H,8,10,12-13H2,1-2H3,(H2,28,29,30,31);3-9,13H,10-12H2,1-2H3,(H2,27,28,29,30). The van der Waals surface area contributed by atoms with Gasteiger partial charge in [-0.05, 0) is 76.2 Å². The Hall–Kier alpha value is -7.34. The molecule has 71 heavy (non-hydrogen) atoms. The van der Waals surface area contributed by atoms with Crippen LogP contribution in [-0.4, -0.2) is 74.9 Å². The number of aryl methyl sites for hydroxylation is 1. The molecule has 0 unspecified atom stereocenters. The van der Waals surface area contributed by atoms with Crippen molar-refractivity contribution in [2.24, 2.45) is 0 Å². The molecule has 0 saturated heterocycles. The Bertz CT molecular complexity index is 3230. The fraction of sp³-hybridized carbons (Fsp3) is 0.277. The summed E-state index contributed by atoms with van der Waals surface area (Å²) in [5.74, 6) is -0.723. The topological polar surface area (TPSA) is 209 Å². The van der Waals surface area contributed by atoms with Gasteiger partial charge < -0.3 is 21.3 Å². The maximum atomic E-state index is 13.7. The number of rotatable bonds is 14. The van der Waals surface area contributed by atoms with Crippen molar-refractivity contribution in [3.05, 3.63) is 142 Å². The Morgan fingerprint density at radius 2 is 0.958 bits per heavy atom. The lowest BCUT2D eigenvalue weighted by atomic mass is 9.90.